The molecule has 110 valence electrons. The molecule has 0 aliphatic carbocycles. The van der Waals surface area contributed by atoms with Crippen LogP contribution >= 0.6 is 11.6 Å². The number of hydrogen-bond acceptors (Lipinski definition) is 3. The molecule has 0 atom stereocenters. The van der Waals surface area contributed by atoms with Gasteiger partial charge in [-0.15, -0.1) is 5.10 Å². The predicted octanol–water partition coefficient (Wildman–Crippen LogP) is 1.97. The van der Waals surface area contributed by atoms with Crippen LogP contribution in [0.3, 0.4) is 0 Å². The highest BCUT2D eigenvalue weighted by atomic mass is 35.5. The van der Waals surface area contributed by atoms with E-state index < -0.39 is 0 Å². The summed E-state index contributed by atoms with van der Waals surface area (Å²) in [5, 5.41) is 7.68. The number of benzene rings is 1. The number of halogens is 1. The number of fused-ring (bicyclic) bond motifs is 3. The van der Waals surface area contributed by atoms with E-state index in [1.807, 2.05) is 13.8 Å². The van der Waals surface area contributed by atoms with E-state index in [1.165, 1.54) is 9.25 Å². The van der Waals surface area contributed by atoms with Crippen molar-refractivity contribution in [2.24, 2.45) is 5.92 Å². The number of aromatic nitrogens is 3. The molecule has 2 aromatic rings. The van der Waals surface area contributed by atoms with E-state index in [4.69, 9.17) is 11.6 Å². The van der Waals surface area contributed by atoms with Crippen LogP contribution in [0, 0.1) is 5.92 Å². The zero-order valence-electron chi connectivity index (χ0n) is 11.8. The van der Waals surface area contributed by atoms with Crippen LogP contribution in [0.4, 0.5) is 5.69 Å². The van der Waals surface area contributed by atoms with Crippen LogP contribution in [0.1, 0.15) is 13.8 Å². The van der Waals surface area contributed by atoms with Gasteiger partial charge in [0.2, 0.25) is 5.91 Å². The van der Waals surface area contributed by atoms with Crippen LogP contribution < -0.4 is 11.0 Å². The highest BCUT2D eigenvalue weighted by molar-refractivity contribution is 6.31. The van der Waals surface area contributed by atoms with E-state index in [2.05, 4.69) is 10.4 Å². The molecule has 0 unspecified atom stereocenters. The Morgan fingerprint density at radius 3 is 2.86 bits per heavy atom. The molecule has 0 saturated heterocycles. The van der Waals surface area contributed by atoms with Gasteiger partial charge in [0.1, 0.15) is 6.54 Å². The largest absolute Gasteiger partial charge is 0.346 e. The highest BCUT2D eigenvalue weighted by Crippen LogP contribution is 2.31. The average molecular weight is 307 g/mol. The second-order valence-electron chi connectivity index (χ2n) is 5.51. The van der Waals surface area contributed by atoms with Crippen LogP contribution in [0.25, 0.3) is 11.4 Å². The summed E-state index contributed by atoms with van der Waals surface area (Å²) in [5.74, 6) is 0.509. The predicted molar refractivity (Wildman–Crippen MR) is 80.4 cm³/mol. The van der Waals surface area contributed by atoms with Crippen LogP contribution in [0.5, 0.6) is 0 Å². The zero-order valence-corrected chi connectivity index (χ0v) is 12.5. The summed E-state index contributed by atoms with van der Waals surface area (Å²) in [6, 6.07) is 5.12. The van der Waals surface area contributed by atoms with Crippen LogP contribution in [0.15, 0.2) is 23.0 Å². The lowest BCUT2D eigenvalue weighted by Crippen LogP contribution is -2.29. The van der Waals surface area contributed by atoms with Crippen molar-refractivity contribution in [2.75, 3.05) is 5.32 Å². The Kier molecular flexibility index (Phi) is 3.33. The maximum Gasteiger partial charge on any atom is 0.346 e. The van der Waals surface area contributed by atoms with Crippen molar-refractivity contribution < 1.29 is 4.79 Å². The summed E-state index contributed by atoms with van der Waals surface area (Å²) >= 11 is 6.03. The van der Waals surface area contributed by atoms with Crippen LogP contribution in [0.2, 0.25) is 5.02 Å². The molecule has 1 aliphatic heterocycles. The Morgan fingerprint density at radius 2 is 2.14 bits per heavy atom. The number of hydrogen-bond donors (Lipinski definition) is 1. The van der Waals surface area contributed by atoms with Gasteiger partial charge in [-0.3, -0.25) is 9.36 Å². The van der Waals surface area contributed by atoms with Gasteiger partial charge in [0, 0.05) is 17.1 Å². The molecule has 0 spiro atoms. The number of carbonyl (C=O) groups excluding carboxylic acids is 1. The Bertz CT molecular complexity index is 776. The zero-order chi connectivity index (χ0) is 15.1. The molecule has 0 radical (unpaired) electrons. The quantitative estimate of drug-likeness (QED) is 0.922. The first-order valence-corrected chi connectivity index (χ1v) is 7.11. The number of amides is 1. The van der Waals surface area contributed by atoms with Crippen molar-refractivity contribution in [2.45, 2.75) is 26.9 Å². The molecular formula is C14H15ClN4O2. The first-order chi connectivity index (χ1) is 9.95. The molecule has 21 heavy (non-hydrogen) atoms. The molecule has 3 rings (SSSR count). The Labute approximate surface area is 126 Å². The van der Waals surface area contributed by atoms with Crippen LogP contribution in [-0.4, -0.2) is 20.3 Å². The third kappa shape index (κ3) is 2.47. The Morgan fingerprint density at radius 1 is 1.38 bits per heavy atom. The van der Waals surface area contributed by atoms with Crippen molar-refractivity contribution in [3.05, 3.63) is 33.7 Å². The molecule has 1 amide bonds. The average Bonchev–Trinajstić information content (AvgIpc) is 2.62. The fourth-order valence-electron chi connectivity index (χ4n) is 2.39. The fourth-order valence-corrected chi connectivity index (χ4v) is 2.56. The third-order valence-electron chi connectivity index (χ3n) is 3.26. The van der Waals surface area contributed by atoms with Crippen molar-refractivity contribution in [1.82, 2.24) is 14.3 Å². The van der Waals surface area contributed by atoms with E-state index in [-0.39, 0.29) is 24.1 Å². The summed E-state index contributed by atoms with van der Waals surface area (Å²) in [6.45, 7) is 4.48. The molecule has 1 aromatic heterocycles. The molecule has 0 bridgehead atoms. The second-order valence-corrected chi connectivity index (χ2v) is 5.94. The number of carbonyl (C=O) groups is 1. The maximum atomic E-state index is 12.4. The van der Waals surface area contributed by atoms with E-state index in [9.17, 15) is 9.59 Å². The van der Waals surface area contributed by atoms with Gasteiger partial charge in [0.05, 0.1) is 5.69 Å². The normalized spacial score (nSPS) is 13.6. The molecule has 6 nitrogen and oxygen atoms in total. The lowest BCUT2D eigenvalue weighted by atomic mass is 10.1. The summed E-state index contributed by atoms with van der Waals surface area (Å²) in [5.41, 5.74) is 1.000. The van der Waals surface area contributed by atoms with E-state index in [0.29, 0.717) is 28.6 Å². The minimum Gasteiger partial charge on any atom is -0.324 e. The van der Waals surface area contributed by atoms with Gasteiger partial charge in [-0.2, -0.15) is 0 Å². The molecule has 1 aliphatic rings. The monoisotopic (exact) mass is 306 g/mol. The van der Waals surface area contributed by atoms with Crippen molar-refractivity contribution >= 4 is 23.2 Å². The number of rotatable bonds is 2. The van der Waals surface area contributed by atoms with Gasteiger partial charge in [-0.1, -0.05) is 25.4 Å². The summed E-state index contributed by atoms with van der Waals surface area (Å²) in [4.78, 5) is 24.3. The van der Waals surface area contributed by atoms with Crippen LogP contribution in [-0.2, 0) is 17.9 Å². The molecule has 2 heterocycles. The summed E-state index contributed by atoms with van der Waals surface area (Å²) < 4.78 is 2.79. The van der Waals surface area contributed by atoms with Gasteiger partial charge in [0.25, 0.3) is 0 Å². The van der Waals surface area contributed by atoms with Crippen molar-refractivity contribution in [3.8, 4) is 11.4 Å². The number of nitrogens with zero attached hydrogens (tertiary/aromatic N) is 3. The van der Waals surface area contributed by atoms with E-state index in [0.717, 1.165) is 0 Å². The number of nitrogens with one attached hydrogen (secondary N) is 1. The highest BCUT2D eigenvalue weighted by Gasteiger charge is 2.24. The lowest BCUT2D eigenvalue weighted by molar-refractivity contribution is -0.116. The molecule has 0 fully saturated rings. The maximum absolute atomic E-state index is 12.4. The lowest BCUT2D eigenvalue weighted by Gasteiger charge is -2.06. The van der Waals surface area contributed by atoms with Gasteiger partial charge in [0.15, 0.2) is 5.82 Å². The molecule has 1 N–H and O–H groups in total. The van der Waals surface area contributed by atoms with Crippen molar-refractivity contribution in [1.29, 1.82) is 0 Å². The molecular weight excluding hydrogens is 292 g/mol. The molecule has 0 saturated carbocycles. The first kappa shape index (κ1) is 13.9. The van der Waals surface area contributed by atoms with Gasteiger partial charge in [-0.25, -0.2) is 9.48 Å². The standard InChI is InChI=1S/C14H15ClN4O2/c1-8(2)6-19-14(21)18-7-12(20)16-11-4-3-9(15)5-10(11)13(18)17-19/h3-5,8H,6-7H2,1-2H3,(H,16,20). The van der Waals surface area contributed by atoms with Gasteiger partial charge < -0.3 is 5.32 Å². The topological polar surface area (TPSA) is 68.9 Å². The third-order valence-corrected chi connectivity index (χ3v) is 3.49. The summed E-state index contributed by atoms with van der Waals surface area (Å²) in [7, 11) is 0. The van der Waals surface area contributed by atoms with Gasteiger partial charge in [-0.05, 0) is 24.1 Å². The molecule has 7 heteroatoms. The summed E-state index contributed by atoms with van der Waals surface area (Å²) in [6.07, 6.45) is 0. The fraction of sp³-hybridized carbons (Fsp3) is 0.357. The first-order valence-electron chi connectivity index (χ1n) is 6.73. The molecule has 1 aromatic carbocycles. The Balaban J connectivity index is 2.23. The van der Waals surface area contributed by atoms with E-state index in [1.54, 1.807) is 18.2 Å². The van der Waals surface area contributed by atoms with Crippen molar-refractivity contribution in [3.63, 3.8) is 0 Å². The smallest absolute Gasteiger partial charge is 0.324 e. The minimum absolute atomic E-state index is 0.0431. The van der Waals surface area contributed by atoms with E-state index >= 15 is 0 Å². The SMILES string of the molecule is CC(C)Cn1nc2n(c1=O)CC(=O)Nc1ccc(Cl)cc1-2. The Hall–Kier alpha value is -2.08. The minimum atomic E-state index is -0.276. The number of anilines is 1. The second kappa shape index (κ2) is 5.04. The van der Waals surface area contributed by atoms with Gasteiger partial charge >= 0.3 is 5.69 Å².